The summed E-state index contributed by atoms with van der Waals surface area (Å²) in [6.07, 6.45) is -21.1. The lowest BCUT2D eigenvalue weighted by atomic mass is 9.77. The molecule has 6 atom stereocenters. The van der Waals surface area contributed by atoms with Gasteiger partial charge in [0.05, 0.1) is 6.10 Å². The molecule has 4 aliphatic carbocycles. The van der Waals surface area contributed by atoms with E-state index in [9.17, 15) is 44.6 Å². The van der Waals surface area contributed by atoms with Crippen LogP contribution in [0.4, 0.5) is 39.5 Å². The average molecular weight is 428 g/mol. The van der Waals surface area contributed by atoms with E-state index in [4.69, 9.17) is 4.74 Å². The number of hydrogen-bond acceptors (Lipinski definition) is 3. The Labute approximate surface area is 153 Å². The van der Waals surface area contributed by atoms with E-state index in [1.165, 1.54) is 0 Å². The van der Waals surface area contributed by atoms with Crippen LogP contribution in [0, 0.1) is 23.7 Å². The van der Waals surface area contributed by atoms with E-state index in [0.717, 1.165) is 0 Å². The van der Waals surface area contributed by atoms with Gasteiger partial charge in [-0.15, -0.1) is 0 Å². The zero-order valence-electron chi connectivity index (χ0n) is 14.4. The molecular weight excluding hydrogens is 411 g/mol. The van der Waals surface area contributed by atoms with Crippen molar-refractivity contribution in [3.8, 4) is 0 Å². The van der Waals surface area contributed by atoms with Crippen molar-refractivity contribution >= 4 is 0 Å². The van der Waals surface area contributed by atoms with E-state index in [-0.39, 0.29) is 30.6 Å². The van der Waals surface area contributed by atoms with Crippen molar-refractivity contribution in [2.75, 3.05) is 0 Å². The predicted octanol–water partition coefficient (Wildman–Crippen LogP) is 4.34. The molecule has 1 saturated heterocycles. The first-order valence-corrected chi connectivity index (χ1v) is 8.74. The fraction of sp³-hybridized carbons (Fsp3) is 1.00. The smallest absolute Gasteiger partial charge is 0.361 e. The Morgan fingerprint density at radius 3 is 1.75 bits per heavy atom. The van der Waals surface area contributed by atoms with E-state index in [1.54, 1.807) is 0 Å². The van der Waals surface area contributed by atoms with Crippen LogP contribution in [0.3, 0.4) is 0 Å². The van der Waals surface area contributed by atoms with Crippen LogP contribution in [0.15, 0.2) is 0 Å². The van der Waals surface area contributed by atoms with Gasteiger partial charge < -0.3 is 14.6 Å². The minimum Gasteiger partial charge on any atom is -0.361 e. The van der Waals surface area contributed by atoms with Crippen LogP contribution in [0.1, 0.15) is 32.6 Å². The molecule has 5 aliphatic rings. The van der Waals surface area contributed by atoms with Gasteiger partial charge in [0.25, 0.3) is 5.79 Å². The SMILES string of the molecule is CC1(C(F)(F)F)CC(OC2C3CC4C(C3)C42)(C(F)(F)F)CC(O)(C(F)(F)F)O1. The Hall–Kier alpha value is -0.750. The molecule has 162 valence electrons. The maximum atomic E-state index is 14.0. The molecule has 1 heterocycles. The molecule has 4 bridgehead atoms. The number of hydrogen-bond donors (Lipinski definition) is 1. The Balaban J connectivity index is 1.77. The monoisotopic (exact) mass is 428 g/mol. The zero-order valence-corrected chi connectivity index (χ0v) is 14.4. The summed E-state index contributed by atoms with van der Waals surface area (Å²) in [4.78, 5) is 0. The van der Waals surface area contributed by atoms with Crippen molar-refractivity contribution in [2.45, 2.75) is 74.2 Å². The Bertz CT molecular complexity index is 630. The molecule has 12 heteroatoms. The number of ether oxygens (including phenoxy) is 2. The van der Waals surface area contributed by atoms with Crippen LogP contribution in [-0.4, -0.2) is 46.7 Å². The molecule has 0 aromatic heterocycles. The Morgan fingerprint density at radius 2 is 1.39 bits per heavy atom. The van der Waals surface area contributed by atoms with E-state index in [1.807, 2.05) is 0 Å². The second kappa shape index (κ2) is 5.29. The Kier molecular flexibility index (Phi) is 3.88. The number of rotatable bonds is 2. The molecule has 0 radical (unpaired) electrons. The van der Waals surface area contributed by atoms with Crippen LogP contribution in [0.2, 0.25) is 0 Å². The summed E-state index contributed by atoms with van der Waals surface area (Å²) in [6.45, 7) is 0.0707. The van der Waals surface area contributed by atoms with E-state index in [2.05, 4.69) is 4.74 Å². The van der Waals surface area contributed by atoms with Gasteiger partial charge in [-0.3, -0.25) is 0 Å². The number of aliphatic hydroxyl groups is 1. The van der Waals surface area contributed by atoms with Crippen molar-refractivity contribution in [3.63, 3.8) is 0 Å². The molecule has 3 nitrogen and oxygen atoms in total. The lowest BCUT2D eigenvalue weighted by molar-refractivity contribution is -0.476. The highest BCUT2D eigenvalue weighted by Gasteiger charge is 2.79. The van der Waals surface area contributed by atoms with Crippen LogP contribution in [-0.2, 0) is 9.47 Å². The molecule has 1 N–H and O–H groups in total. The molecule has 6 unspecified atom stereocenters. The van der Waals surface area contributed by atoms with Crippen LogP contribution in [0.5, 0.6) is 0 Å². The van der Waals surface area contributed by atoms with Crippen LogP contribution in [0.25, 0.3) is 0 Å². The molecule has 1 aliphatic heterocycles. The van der Waals surface area contributed by atoms with Gasteiger partial charge in [0, 0.05) is 12.8 Å². The first-order valence-electron chi connectivity index (χ1n) is 8.74. The van der Waals surface area contributed by atoms with Crippen LogP contribution >= 0.6 is 0 Å². The molecule has 0 aromatic carbocycles. The van der Waals surface area contributed by atoms with Crippen molar-refractivity contribution < 1.29 is 54.1 Å². The summed E-state index contributed by atoms with van der Waals surface area (Å²) in [7, 11) is 0. The third-order valence-corrected chi connectivity index (χ3v) is 6.85. The van der Waals surface area contributed by atoms with Gasteiger partial charge in [0.1, 0.15) is 0 Å². The maximum Gasteiger partial charge on any atom is 0.443 e. The maximum absolute atomic E-state index is 14.0. The zero-order chi connectivity index (χ0) is 21.1. The average Bonchev–Trinajstić information content (AvgIpc) is 2.81. The summed E-state index contributed by atoms with van der Waals surface area (Å²) in [5, 5.41) is 9.81. The molecule has 5 fully saturated rings. The van der Waals surface area contributed by atoms with E-state index in [0.29, 0.717) is 12.8 Å². The highest BCUT2D eigenvalue weighted by Crippen LogP contribution is 2.72. The standard InChI is InChI=1S/C16H17F9O3/c1-11(14(17,18)19)4-12(15(20,21)22,5-13(26,28-11)16(23,24)25)27-10-6-2-7-8(3-6)9(7)10/h6-10,26H,2-5H2,1H3. The quantitative estimate of drug-likeness (QED) is 0.666. The van der Waals surface area contributed by atoms with Crippen molar-refractivity contribution in [2.24, 2.45) is 23.7 Å². The first kappa shape index (κ1) is 20.5. The minimum absolute atomic E-state index is 0.0707. The van der Waals surface area contributed by atoms with Crippen molar-refractivity contribution in [3.05, 3.63) is 0 Å². The molecule has 0 aromatic rings. The topological polar surface area (TPSA) is 38.7 Å². The minimum atomic E-state index is -5.89. The van der Waals surface area contributed by atoms with Gasteiger partial charge in [-0.1, -0.05) is 0 Å². The van der Waals surface area contributed by atoms with Gasteiger partial charge >= 0.3 is 18.5 Å². The third-order valence-electron chi connectivity index (χ3n) is 6.85. The highest BCUT2D eigenvalue weighted by atomic mass is 19.4. The van der Waals surface area contributed by atoms with Gasteiger partial charge in [-0.25, -0.2) is 0 Å². The van der Waals surface area contributed by atoms with Gasteiger partial charge in [0.2, 0.25) is 0 Å². The molecule has 4 saturated carbocycles. The van der Waals surface area contributed by atoms with Gasteiger partial charge in [-0.05, 0) is 43.4 Å². The van der Waals surface area contributed by atoms with Crippen molar-refractivity contribution in [1.29, 1.82) is 0 Å². The van der Waals surface area contributed by atoms with E-state index >= 15 is 0 Å². The summed E-state index contributed by atoms with van der Waals surface area (Å²) >= 11 is 0. The first-order chi connectivity index (χ1) is 12.4. The second-order valence-corrected chi connectivity index (χ2v) is 8.68. The van der Waals surface area contributed by atoms with Crippen LogP contribution < -0.4 is 0 Å². The van der Waals surface area contributed by atoms with Gasteiger partial charge in [0.15, 0.2) is 11.2 Å². The molecule has 28 heavy (non-hydrogen) atoms. The summed E-state index contributed by atoms with van der Waals surface area (Å²) in [6, 6.07) is 0. The molecular formula is C16H17F9O3. The largest absolute Gasteiger partial charge is 0.443 e. The predicted molar refractivity (Wildman–Crippen MR) is 72.6 cm³/mol. The lowest BCUT2D eigenvalue weighted by Crippen LogP contribution is -2.71. The van der Waals surface area contributed by atoms with Crippen molar-refractivity contribution in [1.82, 2.24) is 0 Å². The summed E-state index contributed by atoms with van der Waals surface area (Å²) < 4.78 is 131. The van der Waals surface area contributed by atoms with E-state index < -0.39 is 54.5 Å². The fourth-order valence-electron chi connectivity index (χ4n) is 5.55. The molecule has 0 amide bonds. The summed E-state index contributed by atoms with van der Waals surface area (Å²) in [5.74, 6) is -5.01. The third kappa shape index (κ3) is 2.62. The lowest BCUT2D eigenvalue weighted by Gasteiger charge is -2.53. The number of alkyl halides is 9. The van der Waals surface area contributed by atoms with Gasteiger partial charge in [-0.2, -0.15) is 39.5 Å². The highest BCUT2D eigenvalue weighted by molar-refractivity contribution is 5.19. The summed E-state index contributed by atoms with van der Waals surface area (Å²) in [5.41, 5.74) is -7.75. The molecule has 0 spiro atoms. The normalized spacial score (nSPS) is 50.9. The Morgan fingerprint density at radius 1 is 0.857 bits per heavy atom. The fourth-order valence-corrected chi connectivity index (χ4v) is 5.55. The number of halogens is 9. The molecule has 5 rings (SSSR count). The second-order valence-electron chi connectivity index (χ2n) is 8.68.